The molecule has 2 aromatic heterocycles. The molecule has 9 nitrogen and oxygen atoms in total. The molecule has 156 valence electrons. The van der Waals surface area contributed by atoms with Crippen molar-refractivity contribution in [3.63, 3.8) is 0 Å². The van der Waals surface area contributed by atoms with Crippen LogP contribution < -0.4 is 22.0 Å². The van der Waals surface area contributed by atoms with E-state index in [2.05, 4.69) is 20.5 Å². The molecule has 0 aliphatic rings. The predicted octanol–water partition coefficient (Wildman–Crippen LogP) is 1.94. The fraction of sp³-hybridized carbons (Fsp3) is 0.158. The summed E-state index contributed by atoms with van der Waals surface area (Å²) in [4.78, 5) is 16.3. The Balaban J connectivity index is 1.68. The Morgan fingerprint density at radius 1 is 1.37 bits per heavy atom. The molecule has 1 amide bonds. The molecule has 0 aliphatic heterocycles. The van der Waals surface area contributed by atoms with Gasteiger partial charge in [0.2, 0.25) is 5.95 Å². The molecule has 0 saturated heterocycles. The van der Waals surface area contributed by atoms with Gasteiger partial charge in [-0.05, 0) is 42.3 Å². The number of nitrogens with one attached hydrogen (secondary N) is 1. The molecule has 1 aromatic carbocycles. The van der Waals surface area contributed by atoms with Crippen LogP contribution in [-0.4, -0.2) is 27.0 Å². The van der Waals surface area contributed by atoms with Crippen molar-refractivity contribution in [3.8, 4) is 0 Å². The van der Waals surface area contributed by atoms with E-state index < -0.39 is 5.95 Å². The number of hydrazone groups is 1. The minimum absolute atomic E-state index is 0.174. The number of aromatic nitrogens is 3. The number of hydrogen-bond acceptors (Lipinski definition) is 6. The topological polar surface area (TPSA) is 127 Å². The van der Waals surface area contributed by atoms with Crippen molar-refractivity contribution in [1.29, 1.82) is 0 Å². The number of pyridine rings is 1. The lowest BCUT2D eigenvalue weighted by Crippen LogP contribution is -2.32. The van der Waals surface area contributed by atoms with Gasteiger partial charge in [-0.25, -0.2) is 10.8 Å². The van der Waals surface area contributed by atoms with Gasteiger partial charge in [-0.1, -0.05) is 17.7 Å². The molecule has 0 fully saturated rings. The van der Waals surface area contributed by atoms with Crippen LogP contribution in [0.2, 0.25) is 5.02 Å². The normalized spacial score (nSPS) is 11.1. The molecule has 30 heavy (non-hydrogen) atoms. The van der Waals surface area contributed by atoms with Crippen molar-refractivity contribution in [2.45, 2.75) is 20.0 Å². The number of hydrazine groups is 1. The zero-order valence-electron chi connectivity index (χ0n) is 16.1. The molecule has 0 radical (unpaired) electrons. The lowest BCUT2D eigenvalue weighted by atomic mass is 10.1. The van der Waals surface area contributed by atoms with Gasteiger partial charge in [0, 0.05) is 23.5 Å². The Morgan fingerprint density at radius 3 is 2.90 bits per heavy atom. The number of carbonyl (C=O) groups is 1. The van der Waals surface area contributed by atoms with Gasteiger partial charge in [0.05, 0.1) is 24.0 Å². The highest BCUT2D eigenvalue weighted by Crippen LogP contribution is 2.22. The Morgan fingerprint density at radius 2 is 2.17 bits per heavy atom. The first-order valence-corrected chi connectivity index (χ1v) is 9.23. The fourth-order valence-electron chi connectivity index (χ4n) is 2.83. The van der Waals surface area contributed by atoms with Crippen LogP contribution in [0, 0.1) is 12.9 Å². The maximum absolute atomic E-state index is 13.1. The molecule has 5 N–H and O–H groups in total. The Labute approximate surface area is 177 Å². The van der Waals surface area contributed by atoms with Crippen molar-refractivity contribution in [1.82, 2.24) is 20.1 Å². The minimum Gasteiger partial charge on any atom is -0.348 e. The molecular formula is C19H20ClFN8O. The molecule has 0 atom stereocenters. The zero-order chi connectivity index (χ0) is 21.7. The zero-order valence-corrected chi connectivity index (χ0v) is 16.8. The number of anilines is 1. The first-order chi connectivity index (χ1) is 14.4. The van der Waals surface area contributed by atoms with Gasteiger partial charge in [0.15, 0.2) is 0 Å². The SMILES string of the molecule is Cc1nc(F)ccc1Cn1cc(C(=O)NCc2cc(Cl)ccc2N(N)/C=N\N)cn1. The van der Waals surface area contributed by atoms with E-state index in [1.165, 1.54) is 23.6 Å². The van der Waals surface area contributed by atoms with E-state index in [9.17, 15) is 9.18 Å². The molecule has 0 bridgehead atoms. The van der Waals surface area contributed by atoms with Gasteiger partial charge in [0.25, 0.3) is 5.91 Å². The number of rotatable bonds is 7. The lowest BCUT2D eigenvalue weighted by Gasteiger charge is -2.17. The van der Waals surface area contributed by atoms with E-state index >= 15 is 0 Å². The van der Waals surface area contributed by atoms with Gasteiger partial charge in [-0.2, -0.15) is 14.6 Å². The summed E-state index contributed by atoms with van der Waals surface area (Å²) in [6, 6.07) is 7.99. The third kappa shape index (κ3) is 5.10. The Kier molecular flexibility index (Phi) is 6.60. The van der Waals surface area contributed by atoms with Crippen LogP contribution in [0.15, 0.2) is 47.8 Å². The molecule has 3 rings (SSSR count). The molecule has 3 aromatic rings. The summed E-state index contributed by atoms with van der Waals surface area (Å²) < 4.78 is 14.7. The quantitative estimate of drug-likeness (QED) is 0.173. The number of aryl methyl sites for hydroxylation is 1. The van der Waals surface area contributed by atoms with E-state index in [0.29, 0.717) is 34.1 Å². The third-order valence-electron chi connectivity index (χ3n) is 4.34. The highest BCUT2D eigenvalue weighted by atomic mass is 35.5. The summed E-state index contributed by atoms with van der Waals surface area (Å²) in [5, 5.41) is 12.1. The van der Waals surface area contributed by atoms with Crippen molar-refractivity contribution in [2.75, 3.05) is 5.01 Å². The molecular weight excluding hydrogens is 411 g/mol. The number of nitrogens with zero attached hydrogens (tertiary/aromatic N) is 5. The highest BCUT2D eigenvalue weighted by molar-refractivity contribution is 6.30. The number of amides is 1. The molecule has 0 aliphatic carbocycles. The van der Waals surface area contributed by atoms with E-state index in [1.54, 1.807) is 42.1 Å². The number of halogens is 2. The number of nitrogens with two attached hydrogens (primary N) is 2. The highest BCUT2D eigenvalue weighted by Gasteiger charge is 2.13. The maximum Gasteiger partial charge on any atom is 0.254 e. The summed E-state index contributed by atoms with van der Waals surface area (Å²) in [6.45, 7) is 2.26. The Hall–Kier alpha value is -3.50. The summed E-state index contributed by atoms with van der Waals surface area (Å²) in [6.07, 6.45) is 4.30. The number of hydrogen-bond donors (Lipinski definition) is 3. The standard InChI is InChI=1S/C19H20ClFN8O/c1-12-13(2-5-18(21)27-12)9-28-10-15(8-26-28)19(30)24-7-14-6-16(20)3-4-17(14)29(23)11-25-22/h2-6,8,10-11H,7,9,22-23H2,1H3,(H,24,30)/b25-11-. The average Bonchev–Trinajstić information content (AvgIpc) is 3.17. The van der Waals surface area contributed by atoms with Gasteiger partial charge in [0.1, 0.15) is 6.34 Å². The van der Waals surface area contributed by atoms with Crippen molar-refractivity contribution >= 4 is 29.5 Å². The average molecular weight is 431 g/mol. The van der Waals surface area contributed by atoms with Gasteiger partial charge >= 0.3 is 0 Å². The van der Waals surface area contributed by atoms with E-state index in [0.717, 1.165) is 5.56 Å². The molecule has 0 spiro atoms. The minimum atomic E-state index is -0.536. The van der Waals surface area contributed by atoms with Gasteiger partial charge in [-0.15, -0.1) is 0 Å². The van der Waals surface area contributed by atoms with Crippen LogP contribution in [0.1, 0.15) is 27.2 Å². The van der Waals surface area contributed by atoms with Crippen LogP contribution in [-0.2, 0) is 13.1 Å². The second-order valence-corrected chi connectivity index (χ2v) is 6.87. The molecule has 11 heteroatoms. The molecule has 0 saturated carbocycles. The van der Waals surface area contributed by atoms with E-state index in [1.807, 2.05) is 0 Å². The maximum atomic E-state index is 13.1. The van der Waals surface area contributed by atoms with Crippen molar-refractivity contribution in [2.24, 2.45) is 16.8 Å². The van der Waals surface area contributed by atoms with E-state index in [-0.39, 0.29) is 12.5 Å². The first kappa shape index (κ1) is 21.2. The number of carbonyl (C=O) groups excluding carboxylic acids is 1. The van der Waals surface area contributed by atoms with Crippen LogP contribution in [0.3, 0.4) is 0 Å². The van der Waals surface area contributed by atoms with Crippen LogP contribution in [0.4, 0.5) is 10.1 Å². The molecule has 2 heterocycles. The summed E-state index contributed by atoms with van der Waals surface area (Å²) in [7, 11) is 0. The lowest BCUT2D eigenvalue weighted by molar-refractivity contribution is 0.0951. The third-order valence-corrected chi connectivity index (χ3v) is 4.57. The Bertz CT molecular complexity index is 1080. The van der Waals surface area contributed by atoms with Gasteiger partial charge < -0.3 is 11.2 Å². The van der Waals surface area contributed by atoms with E-state index in [4.69, 9.17) is 23.3 Å². The summed E-state index contributed by atoms with van der Waals surface area (Å²) in [5.74, 6) is 10.2. The second-order valence-electron chi connectivity index (χ2n) is 6.43. The summed E-state index contributed by atoms with van der Waals surface area (Å²) in [5.41, 5.74) is 3.01. The van der Waals surface area contributed by atoms with Crippen LogP contribution in [0.25, 0.3) is 0 Å². The first-order valence-electron chi connectivity index (χ1n) is 8.86. The number of benzene rings is 1. The van der Waals surface area contributed by atoms with Crippen molar-refractivity contribution in [3.05, 3.63) is 76.1 Å². The second kappa shape index (κ2) is 9.33. The smallest absolute Gasteiger partial charge is 0.254 e. The van der Waals surface area contributed by atoms with Crippen molar-refractivity contribution < 1.29 is 9.18 Å². The van der Waals surface area contributed by atoms with Gasteiger partial charge in [-0.3, -0.25) is 14.5 Å². The van der Waals surface area contributed by atoms with Crippen LogP contribution >= 0.6 is 11.6 Å². The monoisotopic (exact) mass is 430 g/mol. The largest absolute Gasteiger partial charge is 0.348 e. The van der Waals surface area contributed by atoms with Crippen LogP contribution in [0.5, 0.6) is 0 Å². The summed E-state index contributed by atoms with van der Waals surface area (Å²) >= 11 is 6.06. The molecule has 0 unspecified atom stereocenters. The fourth-order valence-corrected chi connectivity index (χ4v) is 3.02. The predicted molar refractivity (Wildman–Crippen MR) is 112 cm³/mol.